The molecule has 0 saturated carbocycles. The molecule has 4 aromatic carbocycles. The van der Waals surface area contributed by atoms with E-state index in [0.29, 0.717) is 11.1 Å². The van der Waals surface area contributed by atoms with Gasteiger partial charge in [-0.1, -0.05) is 78.9 Å². The van der Waals surface area contributed by atoms with Crippen molar-refractivity contribution < 1.29 is 38.9 Å². The molecule has 45 heavy (non-hydrogen) atoms. The van der Waals surface area contributed by atoms with Crippen LogP contribution in [0.4, 0.5) is 15.3 Å². The zero-order chi connectivity index (χ0) is 31.8. The van der Waals surface area contributed by atoms with Crippen LogP contribution in [-0.2, 0) is 22.4 Å². The van der Waals surface area contributed by atoms with Gasteiger partial charge in [-0.3, -0.25) is 4.90 Å². The van der Waals surface area contributed by atoms with Crippen molar-refractivity contribution in [2.24, 2.45) is 0 Å². The number of hydrogen-bond acceptors (Lipinski definition) is 6. The smallest absolute Gasteiger partial charge is 0.420 e. The Hall–Kier alpha value is -6.10. The van der Waals surface area contributed by atoms with Crippen molar-refractivity contribution in [2.45, 2.75) is 24.9 Å². The maximum Gasteiger partial charge on any atom is 0.420 e. The molecule has 5 rings (SSSR count). The summed E-state index contributed by atoms with van der Waals surface area (Å²) in [5.41, 5.74) is 2.07. The molecule has 2 atom stereocenters. The van der Waals surface area contributed by atoms with Crippen LogP contribution in [0, 0.1) is 0 Å². The Balaban J connectivity index is 1.43. The number of ether oxygens (including phenoxy) is 2. The van der Waals surface area contributed by atoms with E-state index in [9.17, 15) is 29.4 Å². The highest BCUT2D eigenvalue weighted by Gasteiger charge is 2.35. The summed E-state index contributed by atoms with van der Waals surface area (Å²) in [4.78, 5) is 55.5. The van der Waals surface area contributed by atoms with Crippen molar-refractivity contribution in [2.75, 3.05) is 4.90 Å². The van der Waals surface area contributed by atoms with Crippen molar-refractivity contribution in [1.29, 1.82) is 0 Å². The minimum absolute atomic E-state index is 0.0379. The van der Waals surface area contributed by atoms with Crippen molar-refractivity contribution in [3.63, 3.8) is 0 Å². The molecule has 0 aliphatic carbocycles. The molecule has 1 heterocycles. The minimum Gasteiger partial charge on any atom is -0.480 e. The first kappa shape index (κ1) is 30.4. The number of anilines is 1. The fraction of sp³-hybridized carbons (Fsp3) is 0.118. The minimum atomic E-state index is -1.47. The van der Waals surface area contributed by atoms with E-state index in [1.807, 2.05) is 24.3 Å². The highest BCUT2D eigenvalue weighted by atomic mass is 16.6. The molecule has 0 radical (unpaired) electrons. The number of fused-ring (bicyclic) bond motifs is 1. The number of rotatable bonds is 11. The molecule has 228 valence electrons. The first-order valence-corrected chi connectivity index (χ1v) is 14.0. The number of aromatic amines is 1. The van der Waals surface area contributed by atoms with Gasteiger partial charge in [0.25, 0.3) is 0 Å². The number of nitrogens with one attached hydrogen (secondary N) is 2. The standard InChI is InChI=1S/C34H29N3O8/c38-31(39)27(20-23-21-35-26-16-8-7-15-25(23)26)36-33(42)45-30-18-10-9-17-28(30)37(34(43)44-24-13-5-2-6-14-24)29(32(40)41)19-22-11-3-1-4-12-22/h1-18,21,27,29,35H,19-20H2,(H,36,42)(H,38,39)(H,40,41)/t27-,29-/m0/s1. The van der Waals surface area contributed by atoms with Gasteiger partial charge in [-0.05, 0) is 41.5 Å². The van der Waals surface area contributed by atoms with Crippen LogP contribution >= 0.6 is 0 Å². The van der Waals surface area contributed by atoms with E-state index in [1.165, 1.54) is 18.2 Å². The van der Waals surface area contributed by atoms with Gasteiger partial charge in [0.2, 0.25) is 0 Å². The summed E-state index contributed by atoms with van der Waals surface area (Å²) < 4.78 is 11.1. The Morgan fingerprint density at radius 1 is 0.733 bits per heavy atom. The molecular formula is C34H29N3O8. The van der Waals surface area contributed by atoms with Gasteiger partial charge in [-0.2, -0.15) is 0 Å². The lowest BCUT2D eigenvalue weighted by atomic mass is 10.0. The normalized spacial score (nSPS) is 12.1. The third-order valence-corrected chi connectivity index (χ3v) is 7.03. The lowest BCUT2D eigenvalue weighted by Crippen LogP contribution is -2.48. The second-order valence-corrected chi connectivity index (χ2v) is 10.1. The SMILES string of the molecule is O=C(N[C@@H](Cc1c[nH]c2ccccc12)C(=O)O)Oc1ccccc1N(C(=O)Oc1ccccc1)[C@@H](Cc1ccccc1)C(=O)O. The van der Waals surface area contributed by atoms with E-state index in [1.54, 1.807) is 72.9 Å². The molecular weight excluding hydrogens is 578 g/mol. The van der Waals surface area contributed by atoms with Gasteiger partial charge in [-0.25, -0.2) is 19.2 Å². The van der Waals surface area contributed by atoms with Gasteiger partial charge in [0.05, 0.1) is 5.69 Å². The van der Waals surface area contributed by atoms with Crippen molar-refractivity contribution >= 4 is 40.7 Å². The number of para-hydroxylation sites is 4. The number of aliphatic carboxylic acids is 2. The van der Waals surface area contributed by atoms with E-state index in [-0.39, 0.29) is 30.0 Å². The Morgan fingerprint density at radius 2 is 1.38 bits per heavy atom. The predicted molar refractivity (Wildman–Crippen MR) is 166 cm³/mol. The van der Waals surface area contributed by atoms with E-state index < -0.39 is 36.2 Å². The number of carboxylic acid groups (broad SMARTS) is 2. The molecule has 0 spiro atoms. The Morgan fingerprint density at radius 3 is 2.09 bits per heavy atom. The second kappa shape index (κ2) is 13.9. The zero-order valence-corrected chi connectivity index (χ0v) is 23.8. The van der Waals surface area contributed by atoms with Gasteiger partial charge in [-0.15, -0.1) is 0 Å². The van der Waals surface area contributed by atoms with Crippen LogP contribution in [0.25, 0.3) is 10.9 Å². The van der Waals surface area contributed by atoms with Crippen LogP contribution in [0.2, 0.25) is 0 Å². The van der Waals surface area contributed by atoms with Crippen LogP contribution in [0.1, 0.15) is 11.1 Å². The van der Waals surface area contributed by atoms with Crippen molar-refractivity contribution in [1.82, 2.24) is 10.3 Å². The maximum atomic E-state index is 13.6. The number of hydrogen-bond donors (Lipinski definition) is 4. The van der Waals surface area contributed by atoms with Gasteiger partial charge >= 0.3 is 24.1 Å². The average molecular weight is 608 g/mol. The van der Waals surface area contributed by atoms with Crippen LogP contribution in [0.5, 0.6) is 11.5 Å². The van der Waals surface area contributed by atoms with Crippen molar-refractivity contribution in [3.8, 4) is 11.5 Å². The number of carbonyl (C=O) groups excluding carboxylic acids is 2. The zero-order valence-electron chi connectivity index (χ0n) is 23.8. The van der Waals surface area contributed by atoms with Gasteiger partial charge in [0.15, 0.2) is 5.75 Å². The van der Waals surface area contributed by atoms with Gasteiger partial charge in [0, 0.05) is 29.9 Å². The summed E-state index contributed by atoms with van der Waals surface area (Å²) in [6.45, 7) is 0. The van der Waals surface area contributed by atoms with E-state index in [4.69, 9.17) is 9.47 Å². The third kappa shape index (κ3) is 7.46. The molecule has 0 unspecified atom stereocenters. The molecule has 5 aromatic rings. The third-order valence-electron chi connectivity index (χ3n) is 7.03. The Kier molecular flexibility index (Phi) is 9.39. The summed E-state index contributed by atoms with van der Waals surface area (Å²) in [5.74, 6) is -2.62. The van der Waals surface area contributed by atoms with E-state index in [0.717, 1.165) is 15.8 Å². The molecule has 11 nitrogen and oxygen atoms in total. The number of H-pyrrole nitrogens is 1. The van der Waals surface area contributed by atoms with Crippen LogP contribution in [0.15, 0.2) is 115 Å². The van der Waals surface area contributed by atoms with Crippen LogP contribution < -0.4 is 19.7 Å². The molecule has 11 heteroatoms. The Bertz CT molecular complexity index is 1810. The second-order valence-electron chi connectivity index (χ2n) is 10.1. The van der Waals surface area contributed by atoms with Crippen LogP contribution in [-0.4, -0.2) is 51.4 Å². The number of carbonyl (C=O) groups is 4. The Labute approximate surface area is 257 Å². The van der Waals surface area contributed by atoms with Crippen molar-refractivity contribution in [3.05, 3.63) is 127 Å². The first-order valence-electron chi connectivity index (χ1n) is 14.0. The summed E-state index contributed by atoms with van der Waals surface area (Å²) in [5, 5.41) is 23.4. The summed E-state index contributed by atoms with van der Waals surface area (Å²) in [7, 11) is 0. The monoisotopic (exact) mass is 607 g/mol. The predicted octanol–water partition coefficient (Wildman–Crippen LogP) is 5.65. The highest BCUT2D eigenvalue weighted by molar-refractivity contribution is 5.98. The molecule has 0 saturated heterocycles. The molecule has 0 bridgehead atoms. The van der Waals surface area contributed by atoms with Gasteiger partial charge < -0.3 is 30.0 Å². The molecule has 0 fully saturated rings. The number of carboxylic acids is 2. The summed E-state index contributed by atoms with van der Waals surface area (Å²) in [6.07, 6.45) is -0.585. The van der Waals surface area contributed by atoms with Gasteiger partial charge in [0.1, 0.15) is 17.8 Å². The molecule has 2 amide bonds. The number of amides is 2. The lowest BCUT2D eigenvalue weighted by molar-refractivity contribution is -0.139. The maximum absolute atomic E-state index is 13.6. The number of aromatic nitrogens is 1. The number of nitrogens with zero attached hydrogens (tertiary/aromatic N) is 1. The summed E-state index contributed by atoms with van der Waals surface area (Å²) >= 11 is 0. The van der Waals surface area contributed by atoms with E-state index >= 15 is 0 Å². The fourth-order valence-electron chi connectivity index (χ4n) is 4.89. The van der Waals surface area contributed by atoms with Crippen LogP contribution in [0.3, 0.4) is 0 Å². The molecule has 0 aliphatic rings. The van der Waals surface area contributed by atoms with E-state index in [2.05, 4.69) is 10.3 Å². The molecule has 4 N–H and O–H groups in total. The quantitative estimate of drug-likeness (QED) is 0.150. The largest absolute Gasteiger partial charge is 0.480 e. The highest BCUT2D eigenvalue weighted by Crippen LogP contribution is 2.32. The molecule has 0 aliphatic heterocycles. The average Bonchev–Trinajstić information content (AvgIpc) is 3.44. The lowest BCUT2D eigenvalue weighted by Gasteiger charge is -2.29. The number of benzene rings is 4. The first-order chi connectivity index (χ1) is 21.8. The summed E-state index contributed by atoms with van der Waals surface area (Å²) in [6, 6.07) is 27.2. The fourth-order valence-corrected chi connectivity index (χ4v) is 4.89. The topological polar surface area (TPSA) is 158 Å². The molecule has 1 aromatic heterocycles.